The molecule has 1 N–H and O–H groups in total. The molecule has 37 heavy (non-hydrogen) atoms. The zero-order valence-corrected chi connectivity index (χ0v) is 21.5. The lowest BCUT2D eigenvalue weighted by Crippen LogP contribution is -2.39. The number of rotatable bonds is 7. The number of piperidine rings is 1. The highest BCUT2D eigenvalue weighted by Gasteiger charge is 2.27. The lowest BCUT2D eigenvalue weighted by molar-refractivity contribution is -0.141. The summed E-state index contributed by atoms with van der Waals surface area (Å²) in [7, 11) is 3.42. The Hall–Kier alpha value is -3.48. The first-order chi connectivity index (χ1) is 18.1. The molecule has 0 unspecified atom stereocenters. The molecule has 0 atom stereocenters. The van der Waals surface area contributed by atoms with Crippen LogP contribution < -0.4 is 4.90 Å². The second-order valence-electron chi connectivity index (χ2n) is 9.83. The van der Waals surface area contributed by atoms with E-state index in [1.807, 2.05) is 24.5 Å². The van der Waals surface area contributed by atoms with E-state index < -0.39 is 5.97 Å². The van der Waals surface area contributed by atoms with Gasteiger partial charge >= 0.3 is 5.97 Å². The van der Waals surface area contributed by atoms with Crippen LogP contribution in [0.2, 0.25) is 0 Å². The minimum Gasteiger partial charge on any atom is -0.478 e. The van der Waals surface area contributed by atoms with Crippen molar-refractivity contribution in [2.24, 2.45) is 5.92 Å². The summed E-state index contributed by atoms with van der Waals surface area (Å²) >= 11 is 0. The average molecular weight is 499 g/mol. The molecule has 1 aliphatic carbocycles. The Morgan fingerprint density at radius 3 is 2.30 bits per heavy atom. The van der Waals surface area contributed by atoms with Crippen LogP contribution in [0.15, 0.2) is 67.0 Å². The number of aromatic carboxylic acids is 1. The smallest absolute Gasteiger partial charge is 0.335 e. The van der Waals surface area contributed by atoms with Gasteiger partial charge in [0.15, 0.2) is 6.29 Å². The number of hydrogen-bond donors (Lipinski definition) is 1. The number of methoxy groups -OCH3 is 2. The van der Waals surface area contributed by atoms with Crippen LogP contribution in [0, 0.1) is 5.92 Å². The monoisotopic (exact) mass is 498 g/mol. The van der Waals surface area contributed by atoms with Crippen LogP contribution in [0.1, 0.15) is 58.3 Å². The Morgan fingerprint density at radius 1 is 0.946 bits per heavy atom. The molecule has 3 aromatic rings. The summed E-state index contributed by atoms with van der Waals surface area (Å²) in [5, 5.41) is 9.56. The van der Waals surface area contributed by atoms with Crippen LogP contribution in [0.3, 0.4) is 0 Å². The topological polar surface area (TPSA) is 71.9 Å². The van der Waals surface area contributed by atoms with Gasteiger partial charge in [0, 0.05) is 51.3 Å². The molecule has 192 valence electrons. The van der Waals surface area contributed by atoms with E-state index in [9.17, 15) is 9.90 Å². The molecule has 6 heteroatoms. The fourth-order valence-corrected chi connectivity index (χ4v) is 5.84. The molecule has 5 rings (SSSR count). The Labute approximate surface area is 218 Å². The van der Waals surface area contributed by atoms with Crippen molar-refractivity contribution in [3.05, 3.63) is 94.8 Å². The van der Waals surface area contributed by atoms with Crippen LogP contribution >= 0.6 is 0 Å². The first-order valence-corrected chi connectivity index (χ1v) is 13.0. The van der Waals surface area contributed by atoms with Crippen LogP contribution in [0.25, 0.3) is 11.1 Å². The quantitative estimate of drug-likeness (QED) is 0.408. The third-order valence-electron chi connectivity index (χ3n) is 7.74. The van der Waals surface area contributed by atoms with Crippen LogP contribution in [-0.4, -0.2) is 49.7 Å². The Kier molecular flexibility index (Phi) is 7.68. The molecule has 0 saturated carbocycles. The SMILES string of the molecule is COC(OC)C1CCN(c2ccc(C3=C(c4ccncc4)CCCc4cc(C(=O)O)ccc43)cc2)CC1. The molecule has 0 radical (unpaired) electrons. The highest BCUT2D eigenvalue weighted by Crippen LogP contribution is 2.40. The summed E-state index contributed by atoms with van der Waals surface area (Å²) in [6.45, 7) is 1.94. The number of allylic oxidation sites excluding steroid dienone is 1. The fourth-order valence-electron chi connectivity index (χ4n) is 5.84. The summed E-state index contributed by atoms with van der Waals surface area (Å²) in [6.07, 6.45) is 8.34. The number of benzene rings is 2. The Balaban J connectivity index is 1.49. The van der Waals surface area contributed by atoms with Gasteiger partial charge in [-0.15, -0.1) is 0 Å². The highest BCUT2D eigenvalue weighted by atomic mass is 16.7. The van der Waals surface area contributed by atoms with Crippen LogP contribution in [0.4, 0.5) is 5.69 Å². The summed E-state index contributed by atoms with van der Waals surface area (Å²) in [5.74, 6) is -0.473. The number of aryl methyl sites for hydroxylation is 1. The number of ether oxygens (including phenoxy) is 2. The van der Waals surface area contributed by atoms with Gasteiger partial charge in [-0.1, -0.05) is 18.2 Å². The number of hydrogen-bond acceptors (Lipinski definition) is 5. The van der Waals surface area contributed by atoms with E-state index >= 15 is 0 Å². The van der Waals surface area contributed by atoms with Gasteiger partial charge in [-0.3, -0.25) is 4.98 Å². The molecule has 1 saturated heterocycles. The number of nitrogens with zero attached hydrogens (tertiary/aromatic N) is 2. The van der Waals surface area contributed by atoms with E-state index in [2.05, 4.69) is 46.3 Å². The summed E-state index contributed by atoms with van der Waals surface area (Å²) in [5.41, 5.74) is 8.55. The van der Waals surface area contributed by atoms with E-state index in [0.717, 1.165) is 67.4 Å². The molecule has 2 aromatic carbocycles. The first-order valence-electron chi connectivity index (χ1n) is 13.0. The van der Waals surface area contributed by atoms with Crippen molar-refractivity contribution in [2.75, 3.05) is 32.2 Å². The second kappa shape index (κ2) is 11.3. The Morgan fingerprint density at radius 2 is 1.65 bits per heavy atom. The molecule has 6 nitrogen and oxygen atoms in total. The number of carboxylic acid groups (broad SMARTS) is 1. The van der Waals surface area contributed by atoms with Crippen molar-refractivity contribution in [1.29, 1.82) is 0 Å². The summed E-state index contributed by atoms with van der Waals surface area (Å²) in [4.78, 5) is 18.3. The largest absolute Gasteiger partial charge is 0.478 e. The molecule has 2 aliphatic rings. The summed E-state index contributed by atoms with van der Waals surface area (Å²) < 4.78 is 11.0. The van der Waals surface area contributed by atoms with Crippen molar-refractivity contribution in [2.45, 2.75) is 38.4 Å². The normalized spacial score (nSPS) is 16.6. The predicted molar refractivity (Wildman–Crippen MR) is 146 cm³/mol. The second-order valence-corrected chi connectivity index (χ2v) is 9.83. The zero-order valence-electron chi connectivity index (χ0n) is 21.5. The van der Waals surface area contributed by atoms with Gasteiger partial charge in [-0.05, 0) is 102 Å². The predicted octanol–water partition coefficient (Wildman–Crippen LogP) is 5.91. The molecule has 2 heterocycles. The fraction of sp³-hybridized carbons (Fsp3) is 0.355. The van der Waals surface area contributed by atoms with E-state index in [4.69, 9.17) is 9.47 Å². The molecular formula is C31H34N2O4. The molecular weight excluding hydrogens is 464 g/mol. The average Bonchev–Trinajstić information content (AvgIpc) is 3.14. The maximum absolute atomic E-state index is 11.7. The minimum atomic E-state index is -0.887. The number of pyridine rings is 1. The molecule has 1 aliphatic heterocycles. The maximum Gasteiger partial charge on any atom is 0.335 e. The van der Waals surface area contributed by atoms with E-state index in [0.29, 0.717) is 11.5 Å². The molecule has 1 fully saturated rings. The van der Waals surface area contributed by atoms with E-state index in [1.54, 1.807) is 20.3 Å². The van der Waals surface area contributed by atoms with Crippen molar-refractivity contribution in [1.82, 2.24) is 4.98 Å². The number of carbonyl (C=O) groups is 1. The maximum atomic E-state index is 11.7. The molecule has 1 aromatic heterocycles. The highest BCUT2D eigenvalue weighted by molar-refractivity contribution is 6.00. The number of carboxylic acids is 1. The lowest BCUT2D eigenvalue weighted by atomic mass is 9.87. The van der Waals surface area contributed by atoms with Crippen molar-refractivity contribution in [3.63, 3.8) is 0 Å². The number of anilines is 1. The summed E-state index contributed by atoms with van der Waals surface area (Å²) in [6, 6.07) is 18.6. The van der Waals surface area contributed by atoms with E-state index in [1.165, 1.54) is 16.8 Å². The molecule has 0 bridgehead atoms. The van der Waals surface area contributed by atoms with Gasteiger partial charge in [-0.2, -0.15) is 0 Å². The van der Waals surface area contributed by atoms with Crippen LogP contribution in [-0.2, 0) is 15.9 Å². The van der Waals surface area contributed by atoms with Crippen molar-refractivity contribution < 1.29 is 19.4 Å². The Bertz CT molecular complexity index is 1260. The molecule has 0 amide bonds. The standard InChI is InChI=1S/C31H34N2O4/c1-36-31(37-2)23-14-18-33(19-15-23)26-9-6-22(7-10-26)29-27(21-12-16-32-17-13-21)5-3-4-24-20-25(30(34)35)8-11-28(24)29/h6-13,16-17,20,23,31H,3-5,14-15,18-19H2,1-2H3,(H,34,35). The first kappa shape index (κ1) is 25.2. The van der Waals surface area contributed by atoms with Gasteiger partial charge in [0.05, 0.1) is 5.56 Å². The lowest BCUT2D eigenvalue weighted by Gasteiger charge is -2.36. The van der Waals surface area contributed by atoms with Gasteiger partial charge in [0.25, 0.3) is 0 Å². The van der Waals surface area contributed by atoms with Gasteiger partial charge in [0.1, 0.15) is 0 Å². The van der Waals surface area contributed by atoms with Crippen LogP contribution in [0.5, 0.6) is 0 Å². The zero-order chi connectivity index (χ0) is 25.8. The van der Waals surface area contributed by atoms with Gasteiger partial charge < -0.3 is 19.5 Å². The van der Waals surface area contributed by atoms with Gasteiger partial charge in [-0.25, -0.2) is 4.79 Å². The number of aromatic nitrogens is 1. The third-order valence-corrected chi connectivity index (χ3v) is 7.74. The van der Waals surface area contributed by atoms with Gasteiger partial charge in [0.2, 0.25) is 0 Å². The van der Waals surface area contributed by atoms with E-state index in [-0.39, 0.29) is 6.29 Å². The van der Waals surface area contributed by atoms with Crippen molar-refractivity contribution in [3.8, 4) is 0 Å². The van der Waals surface area contributed by atoms with Crippen molar-refractivity contribution >= 4 is 22.8 Å². The molecule has 0 spiro atoms. The minimum absolute atomic E-state index is 0.139. The third kappa shape index (κ3) is 5.31. The number of fused-ring (bicyclic) bond motifs is 1.